The molecular weight excluding hydrogens is 288 g/mol. The van der Waals surface area contributed by atoms with Crippen LogP contribution in [-0.2, 0) is 9.53 Å². The molecule has 0 saturated heterocycles. The van der Waals surface area contributed by atoms with E-state index in [2.05, 4.69) is 0 Å². The average molecular weight is 308 g/mol. The molecule has 6 heteroatoms. The monoisotopic (exact) mass is 308 g/mol. The minimum atomic E-state index is -1.05. The van der Waals surface area contributed by atoms with E-state index in [1.165, 1.54) is 24.3 Å². The summed E-state index contributed by atoms with van der Waals surface area (Å²) in [4.78, 5) is 33.1. The highest BCUT2D eigenvalue weighted by molar-refractivity contribution is 5.92. The molecule has 0 fully saturated rings. The van der Waals surface area contributed by atoms with E-state index in [4.69, 9.17) is 14.9 Å². The summed E-state index contributed by atoms with van der Waals surface area (Å²) < 4.78 is 5.21. The summed E-state index contributed by atoms with van der Waals surface area (Å²) in [6, 6.07) is 5.53. The molecule has 0 aliphatic heterocycles. The summed E-state index contributed by atoms with van der Waals surface area (Å²) in [5, 5.41) is 17.4. The standard InChI is InChI=1S/C16H20O6/c1-2-11(4-3-5-14(17)18)10-22-16(21)13-8-6-12(7-9-13)15(19)20/h6-9,11H,2-5,10H2,1H3,(H,17,18)(H,19,20). The van der Waals surface area contributed by atoms with Crippen molar-refractivity contribution in [1.29, 1.82) is 0 Å². The maximum Gasteiger partial charge on any atom is 0.338 e. The van der Waals surface area contributed by atoms with Gasteiger partial charge in [0.1, 0.15) is 0 Å². The highest BCUT2D eigenvalue weighted by Gasteiger charge is 2.13. The molecule has 0 heterocycles. The van der Waals surface area contributed by atoms with Crippen molar-refractivity contribution in [3.05, 3.63) is 35.4 Å². The van der Waals surface area contributed by atoms with Crippen molar-refractivity contribution in [3.63, 3.8) is 0 Å². The van der Waals surface area contributed by atoms with Crippen LogP contribution in [0, 0.1) is 5.92 Å². The van der Waals surface area contributed by atoms with Crippen LogP contribution in [0.5, 0.6) is 0 Å². The van der Waals surface area contributed by atoms with Gasteiger partial charge in [-0.15, -0.1) is 0 Å². The summed E-state index contributed by atoms with van der Waals surface area (Å²) in [5.41, 5.74) is 0.405. The molecule has 0 bridgehead atoms. The SMILES string of the molecule is CCC(CCCC(=O)O)COC(=O)c1ccc(C(=O)O)cc1. The van der Waals surface area contributed by atoms with Crippen molar-refractivity contribution in [2.45, 2.75) is 32.6 Å². The molecular formula is C16H20O6. The van der Waals surface area contributed by atoms with Crippen LogP contribution >= 0.6 is 0 Å². The molecule has 2 N–H and O–H groups in total. The average Bonchev–Trinajstić information content (AvgIpc) is 2.50. The molecule has 22 heavy (non-hydrogen) atoms. The first-order valence-electron chi connectivity index (χ1n) is 7.16. The Morgan fingerprint density at radius 1 is 1.09 bits per heavy atom. The molecule has 0 spiro atoms. The van der Waals surface area contributed by atoms with Crippen LogP contribution in [0.2, 0.25) is 0 Å². The Bertz CT molecular complexity index is 520. The summed E-state index contributed by atoms with van der Waals surface area (Å²) in [6.45, 7) is 2.19. The fourth-order valence-corrected chi connectivity index (χ4v) is 1.97. The van der Waals surface area contributed by atoms with Crippen LogP contribution in [0.3, 0.4) is 0 Å². The van der Waals surface area contributed by atoms with Crippen molar-refractivity contribution in [1.82, 2.24) is 0 Å². The molecule has 0 amide bonds. The minimum absolute atomic E-state index is 0.108. The van der Waals surface area contributed by atoms with Crippen LogP contribution < -0.4 is 0 Å². The lowest BCUT2D eigenvalue weighted by Gasteiger charge is -2.14. The highest BCUT2D eigenvalue weighted by Crippen LogP contribution is 2.14. The van der Waals surface area contributed by atoms with Gasteiger partial charge in [-0.25, -0.2) is 9.59 Å². The summed E-state index contributed by atoms with van der Waals surface area (Å²) in [7, 11) is 0. The molecule has 120 valence electrons. The number of ether oxygens (including phenoxy) is 1. The van der Waals surface area contributed by atoms with Crippen molar-refractivity contribution in [2.75, 3.05) is 6.61 Å². The van der Waals surface area contributed by atoms with Gasteiger partial charge in [-0.3, -0.25) is 4.79 Å². The molecule has 6 nitrogen and oxygen atoms in total. The van der Waals surface area contributed by atoms with E-state index in [1.54, 1.807) is 0 Å². The number of carbonyl (C=O) groups is 3. The Morgan fingerprint density at radius 2 is 1.68 bits per heavy atom. The van der Waals surface area contributed by atoms with Gasteiger partial charge in [-0.2, -0.15) is 0 Å². The minimum Gasteiger partial charge on any atom is -0.481 e. The van der Waals surface area contributed by atoms with Gasteiger partial charge < -0.3 is 14.9 Å². The third-order valence-corrected chi connectivity index (χ3v) is 3.40. The number of aliphatic carboxylic acids is 1. The van der Waals surface area contributed by atoms with Gasteiger partial charge in [0.05, 0.1) is 17.7 Å². The van der Waals surface area contributed by atoms with E-state index >= 15 is 0 Å². The van der Waals surface area contributed by atoms with Crippen LogP contribution in [-0.4, -0.2) is 34.7 Å². The number of carboxylic acid groups (broad SMARTS) is 2. The van der Waals surface area contributed by atoms with Crippen LogP contribution in [0.25, 0.3) is 0 Å². The number of rotatable bonds is 9. The van der Waals surface area contributed by atoms with E-state index in [-0.39, 0.29) is 24.5 Å². The lowest BCUT2D eigenvalue weighted by molar-refractivity contribution is -0.137. The van der Waals surface area contributed by atoms with E-state index in [0.717, 1.165) is 6.42 Å². The second-order valence-electron chi connectivity index (χ2n) is 5.04. The number of carboxylic acids is 2. The Kier molecular flexibility index (Phi) is 7.08. The lowest BCUT2D eigenvalue weighted by Crippen LogP contribution is -2.14. The maximum absolute atomic E-state index is 11.9. The third kappa shape index (κ3) is 5.95. The largest absolute Gasteiger partial charge is 0.481 e. The van der Waals surface area contributed by atoms with Gasteiger partial charge in [0.2, 0.25) is 0 Å². The summed E-state index contributed by atoms with van der Waals surface area (Å²) in [5.74, 6) is -2.26. The fourth-order valence-electron chi connectivity index (χ4n) is 1.97. The Balaban J connectivity index is 2.46. The zero-order valence-electron chi connectivity index (χ0n) is 12.4. The molecule has 1 aromatic rings. The first-order valence-corrected chi connectivity index (χ1v) is 7.16. The van der Waals surface area contributed by atoms with E-state index in [0.29, 0.717) is 18.4 Å². The van der Waals surface area contributed by atoms with Crippen LogP contribution in [0.1, 0.15) is 53.3 Å². The molecule has 0 aromatic heterocycles. The number of hydrogen-bond acceptors (Lipinski definition) is 4. The molecule has 0 saturated carbocycles. The number of carbonyl (C=O) groups excluding carboxylic acids is 1. The molecule has 0 aliphatic carbocycles. The number of esters is 1. The Morgan fingerprint density at radius 3 is 2.18 bits per heavy atom. The Labute approximate surface area is 128 Å². The maximum atomic E-state index is 11.9. The zero-order chi connectivity index (χ0) is 16.5. The first kappa shape index (κ1) is 17.7. The van der Waals surface area contributed by atoms with Gasteiger partial charge in [-0.1, -0.05) is 13.3 Å². The van der Waals surface area contributed by atoms with E-state index in [1.807, 2.05) is 6.92 Å². The number of benzene rings is 1. The third-order valence-electron chi connectivity index (χ3n) is 3.40. The van der Waals surface area contributed by atoms with Crippen molar-refractivity contribution in [3.8, 4) is 0 Å². The van der Waals surface area contributed by atoms with Gasteiger partial charge in [0, 0.05) is 6.42 Å². The highest BCUT2D eigenvalue weighted by atomic mass is 16.5. The van der Waals surface area contributed by atoms with Crippen LogP contribution in [0.15, 0.2) is 24.3 Å². The summed E-state index contributed by atoms with van der Waals surface area (Å²) in [6.07, 6.45) is 2.15. The predicted octanol–water partition coefficient (Wildman–Crippen LogP) is 2.82. The van der Waals surface area contributed by atoms with Gasteiger partial charge in [0.25, 0.3) is 0 Å². The van der Waals surface area contributed by atoms with E-state index < -0.39 is 17.9 Å². The second kappa shape index (κ2) is 8.81. The fraction of sp³-hybridized carbons (Fsp3) is 0.438. The van der Waals surface area contributed by atoms with E-state index in [9.17, 15) is 14.4 Å². The quantitative estimate of drug-likeness (QED) is 0.680. The van der Waals surface area contributed by atoms with Crippen molar-refractivity contribution >= 4 is 17.9 Å². The molecule has 0 aliphatic rings. The molecule has 1 rings (SSSR count). The topological polar surface area (TPSA) is 101 Å². The molecule has 1 aromatic carbocycles. The van der Waals surface area contributed by atoms with Crippen LogP contribution in [0.4, 0.5) is 0 Å². The number of hydrogen-bond donors (Lipinski definition) is 2. The van der Waals surface area contributed by atoms with Gasteiger partial charge in [-0.05, 0) is 43.0 Å². The van der Waals surface area contributed by atoms with Crippen molar-refractivity contribution in [2.24, 2.45) is 5.92 Å². The molecule has 1 unspecified atom stereocenters. The van der Waals surface area contributed by atoms with Gasteiger partial charge >= 0.3 is 17.9 Å². The van der Waals surface area contributed by atoms with Crippen molar-refractivity contribution < 1.29 is 29.3 Å². The molecule has 1 atom stereocenters. The first-order chi connectivity index (χ1) is 10.4. The smallest absolute Gasteiger partial charge is 0.338 e. The summed E-state index contributed by atoms with van der Waals surface area (Å²) >= 11 is 0. The number of aromatic carboxylic acids is 1. The van der Waals surface area contributed by atoms with Gasteiger partial charge in [0.15, 0.2) is 0 Å². The zero-order valence-corrected chi connectivity index (χ0v) is 12.4. The molecule has 0 radical (unpaired) electrons. The predicted molar refractivity (Wildman–Crippen MR) is 79.0 cm³/mol. The second-order valence-corrected chi connectivity index (χ2v) is 5.04. The Hall–Kier alpha value is -2.37. The normalized spacial score (nSPS) is 11.7. The lowest BCUT2D eigenvalue weighted by atomic mass is 10.0.